The lowest BCUT2D eigenvalue weighted by Gasteiger charge is -2.36. The van der Waals surface area contributed by atoms with Crippen molar-refractivity contribution in [2.24, 2.45) is 0 Å². The second-order valence-corrected chi connectivity index (χ2v) is 9.20. The number of furan rings is 1. The van der Waals surface area contributed by atoms with Crippen LogP contribution in [0.1, 0.15) is 21.0 Å². The van der Waals surface area contributed by atoms with Crippen LogP contribution in [0.15, 0.2) is 70.8 Å². The summed E-state index contributed by atoms with van der Waals surface area (Å²) in [6.07, 6.45) is 4.05. The first-order valence-corrected chi connectivity index (χ1v) is 12.0. The van der Waals surface area contributed by atoms with Crippen LogP contribution >= 0.6 is 11.3 Å². The van der Waals surface area contributed by atoms with Crippen molar-refractivity contribution in [3.8, 4) is 0 Å². The van der Waals surface area contributed by atoms with Crippen LogP contribution in [0.5, 0.6) is 0 Å². The van der Waals surface area contributed by atoms with Crippen molar-refractivity contribution < 1.29 is 14.0 Å². The largest absolute Gasteiger partial charge is 0.468 e. The van der Waals surface area contributed by atoms with Gasteiger partial charge in [-0.25, -0.2) is 0 Å². The maximum absolute atomic E-state index is 13.6. The molecule has 7 nitrogen and oxygen atoms in total. The quantitative estimate of drug-likeness (QED) is 0.440. The molecule has 0 spiro atoms. The Balaban J connectivity index is 1.30. The van der Waals surface area contributed by atoms with E-state index in [1.54, 1.807) is 12.3 Å². The van der Waals surface area contributed by atoms with Crippen molar-refractivity contribution in [2.45, 2.75) is 19.0 Å². The third kappa shape index (κ3) is 4.86. The average Bonchev–Trinajstić information content (AvgIpc) is 3.61. The van der Waals surface area contributed by atoms with Gasteiger partial charge in [-0.15, -0.1) is 11.3 Å². The van der Waals surface area contributed by atoms with Gasteiger partial charge in [0.15, 0.2) is 0 Å². The first-order valence-electron chi connectivity index (χ1n) is 11.1. The summed E-state index contributed by atoms with van der Waals surface area (Å²) in [6, 6.07) is 14.9. The van der Waals surface area contributed by atoms with Gasteiger partial charge in [0.05, 0.1) is 17.7 Å². The predicted molar refractivity (Wildman–Crippen MR) is 128 cm³/mol. The van der Waals surface area contributed by atoms with Crippen LogP contribution in [0.3, 0.4) is 0 Å². The first kappa shape index (κ1) is 21.5. The Kier molecular flexibility index (Phi) is 6.28. The number of hydrogen-bond acceptors (Lipinski definition) is 5. The summed E-state index contributed by atoms with van der Waals surface area (Å²) in [5.41, 5.74) is 2.04. The molecule has 0 saturated carbocycles. The predicted octanol–water partition coefficient (Wildman–Crippen LogP) is 3.51. The Hall–Kier alpha value is -3.36. The standard InChI is InChI=1S/C25H26N4O3S/c30-24(23-8-4-14-33-23)27-22(15-18-16-26-21-7-2-1-6-20(18)21)25(31)29-11-9-28(10-12-29)17-19-5-3-13-32-19/h1-8,13-14,16,22,26H,9-12,15,17H2,(H,27,30)/t22-/m0/s1. The van der Waals surface area contributed by atoms with E-state index in [-0.39, 0.29) is 11.8 Å². The molecular formula is C25H26N4O3S. The number of fused-ring (bicyclic) bond motifs is 1. The lowest BCUT2D eigenvalue weighted by molar-refractivity contribution is -0.135. The highest BCUT2D eigenvalue weighted by molar-refractivity contribution is 7.12. The van der Waals surface area contributed by atoms with Crippen LogP contribution in [0, 0.1) is 0 Å². The smallest absolute Gasteiger partial charge is 0.262 e. The number of amides is 2. The summed E-state index contributed by atoms with van der Waals surface area (Å²) in [5.74, 6) is 0.678. The zero-order chi connectivity index (χ0) is 22.6. The van der Waals surface area contributed by atoms with Crippen molar-refractivity contribution in [2.75, 3.05) is 26.2 Å². The van der Waals surface area contributed by atoms with Gasteiger partial charge in [0.2, 0.25) is 5.91 Å². The summed E-state index contributed by atoms with van der Waals surface area (Å²) in [6.45, 7) is 3.52. The summed E-state index contributed by atoms with van der Waals surface area (Å²) in [5, 5.41) is 5.94. The number of aromatic amines is 1. The molecule has 1 aliphatic heterocycles. The second kappa shape index (κ2) is 9.64. The van der Waals surface area contributed by atoms with E-state index < -0.39 is 6.04 Å². The zero-order valence-electron chi connectivity index (χ0n) is 18.2. The molecule has 2 amide bonds. The van der Waals surface area contributed by atoms with Crippen LogP contribution in [0.4, 0.5) is 0 Å². The van der Waals surface area contributed by atoms with Gasteiger partial charge in [0.1, 0.15) is 11.8 Å². The van der Waals surface area contributed by atoms with Crippen molar-refractivity contribution in [1.82, 2.24) is 20.1 Å². The van der Waals surface area contributed by atoms with Gasteiger partial charge in [-0.3, -0.25) is 14.5 Å². The third-order valence-electron chi connectivity index (χ3n) is 6.09. The van der Waals surface area contributed by atoms with Crippen LogP contribution in [0.2, 0.25) is 0 Å². The molecule has 1 aliphatic rings. The van der Waals surface area contributed by atoms with E-state index >= 15 is 0 Å². The van der Waals surface area contributed by atoms with Crippen molar-refractivity contribution in [3.05, 3.63) is 82.6 Å². The molecule has 33 heavy (non-hydrogen) atoms. The van der Waals surface area contributed by atoms with E-state index in [2.05, 4.69) is 15.2 Å². The molecule has 0 bridgehead atoms. The molecular weight excluding hydrogens is 436 g/mol. The maximum atomic E-state index is 13.6. The van der Waals surface area contributed by atoms with Gasteiger partial charge in [0.25, 0.3) is 5.91 Å². The Bertz CT molecular complexity index is 1210. The second-order valence-electron chi connectivity index (χ2n) is 8.25. The fourth-order valence-electron chi connectivity index (χ4n) is 4.33. The molecule has 3 aromatic heterocycles. The normalized spacial score (nSPS) is 15.6. The summed E-state index contributed by atoms with van der Waals surface area (Å²) < 4.78 is 5.45. The maximum Gasteiger partial charge on any atom is 0.262 e. The van der Waals surface area contributed by atoms with Gasteiger partial charge in [-0.05, 0) is 35.2 Å². The Morgan fingerprint density at radius 1 is 1.06 bits per heavy atom. The number of para-hydroxylation sites is 1. The van der Waals surface area contributed by atoms with Crippen molar-refractivity contribution in [1.29, 1.82) is 0 Å². The van der Waals surface area contributed by atoms with Gasteiger partial charge in [-0.1, -0.05) is 24.3 Å². The number of hydrogen-bond donors (Lipinski definition) is 2. The number of aromatic nitrogens is 1. The fourth-order valence-corrected chi connectivity index (χ4v) is 4.95. The lowest BCUT2D eigenvalue weighted by atomic mass is 10.0. The van der Waals surface area contributed by atoms with E-state index in [1.807, 2.05) is 58.9 Å². The van der Waals surface area contributed by atoms with Gasteiger partial charge >= 0.3 is 0 Å². The van der Waals surface area contributed by atoms with E-state index in [1.165, 1.54) is 11.3 Å². The number of nitrogens with zero attached hydrogens (tertiary/aromatic N) is 2. The van der Waals surface area contributed by atoms with E-state index in [0.717, 1.165) is 41.9 Å². The molecule has 0 radical (unpaired) electrons. The van der Waals surface area contributed by atoms with Crippen LogP contribution in [-0.2, 0) is 17.8 Å². The minimum Gasteiger partial charge on any atom is -0.468 e. The number of H-pyrrole nitrogens is 1. The molecule has 8 heteroatoms. The summed E-state index contributed by atoms with van der Waals surface area (Å²) >= 11 is 1.37. The molecule has 2 N–H and O–H groups in total. The molecule has 0 aliphatic carbocycles. The number of rotatable bonds is 7. The lowest BCUT2D eigenvalue weighted by Crippen LogP contribution is -2.55. The number of benzene rings is 1. The number of carbonyl (C=O) groups is 2. The molecule has 170 valence electrons. The highest BCUT2D eigenvalue weighted by Gasteiger charge is 2.30. The number of carbonyl (C=O) groups excluding carboxylic acids is 2. The minimum absolute atomic E-state index is 0.0390. The molecule has 1 aromatic carbocycles. The zero-order valence-corrected chi connectivity index (χ0v) is 19.0. The number of nitrogens with one attached hydrogen (secondary N) is 2. The van der Waals surface area contributed by atoms with Crippen LogP contribution in [-0.4, -0.2) is 58.8 Å². The highest BCUT2D eigenvalue weighted by Crippen LogP contribution is 2.21. The fraction of sp³-hybridized carbons (Fsp3) is 0.280. The Labute approximate surface area is 196 Å². The average molecular weight is 463 g/mol. The van der Waals surface area contributed by atoms with E-state index in [9.17, 15) is 9.59 Å². The van der Waals surface area contributed by atoms with Crippen molar-refractivity contribution >= 4 is 34.1 Å². The molecule has 5 rings (SSSR count). The van der Waals surface area contributed by atoms with Gasteiger partial charge in [0, 0.05) is 49.7 Å². The molecule has 1 fully saturated rings. The molecule has 4 aromatic rings. The molecule has 1 saturated heterocycles. The first-order chi connectivity index (χ1) is 16.2. The molecule has 0 unspecified atom stereocenters. The minimum atomic E-state index is -0.629. The molecule has 4 heterocycles. The Morgan fingerprint density at radius 2 is 1.91 bits per heavy atom. The highest BCUT2D eigenvalue weighted by atomic mass is 32.1. The van der Waals surface area contributed by atoms with Crippen molar-refractivity contribution in [3.63, 3.8) is 0 Å². The topological polar surface area (TPSA) is 81.6 Å². The van der Waals surface area contributed by atoms with Crippen LogP contribution < -0.4 is 5.32 Å². The number of piperazine rings is 1. The van der Waals surface area contributed by atoms with Gasteiger partial charge in [-0.2, -0.15) is 0 Å². The van der Waals surface area contributed by atoms with Gasteiger partial charge < -0.3 is 19.6 Å². The number of thiophene rings is 1. The van der Waals surface area contributed by atoms with Crippen LogP contribution in [0.25, 0.3) is 10.9 Å². The SMILES string of the molecule is O=C(N[C@@H](Cc1c[nH]c2ccccc12)C(=O)N1CCN(Cc2ccco2)CC1)c1cccs1. The van der Waals surface area contributed by atoms with E-state index in [0.29, 0.717) is 24.4 Å². The monoisotopic (exact) mass is 462 g/mol. The summed E-state index contributed by atoms with van der Waals surface area (Å²) in [7, 11) is 0. The third-order valence-corrected chi connectivity index (χ3v) is 6.96. The molecule has 1 atom stereocenters. The summed E-state index contributed by atoms with van der Waals surface area (Å²) in [4.78, 5) is 34.4. The Morgan fingerprint density at radius 3 is 2.67 bits per heavy atom. The van der Waals surface area contributed by atoms with E-state index in [4.69, 9.17) is 4.42 Å².